The topological polar surface area (TPSA) is 99.2 Å². The summed E-state index contributed by atoms with van der Waals surface area (Å²) in [6, 6.07) is 4.82. The van der Waals surface area contributed by atoms with Crippen LogP contribution < -0.4 is 10.5 Å². The first-order chi connectivity index (χ1) is 15.0. The van der Waals surface area contributed by atoms with Crippen molar-refractivity contribution in [1.29, 1.82) is 0 Å². The van der Waals surface area contributed by atoms with Gasteiger partial charge in [0.05, 0.1) is 7.11 Å². The van der Waals surface area contributed by atoms with Gasteiger partial charge < -0.3 is 19.9 Å². The third-order valence-electron chi connectivity index (χ3n) is 5.68. The van der Waals surface area contributed by atoms with Crippen LogP contribution in [-0.4, -0.2) is 50.5 Å². The molecule has 4 rings (SSSR count). The SMILES string of the molecule is COc1ccc(Sc2nc3c(N)ncnc3n2CCC2CCN(C(C)=O)CC2)cc1F. The molecule has 1 amide bonds. The van der Waals surface area contributed by atoms with E-state index in [2.05, 4.69) is 15.0 Å². The minimum Gasteiger partial charge on any atom is -0.494 e. The summed E-state index contributed by atoms with van der Waals surface area (Å²) in [5.41, 5.74) is 7.24. The number of nitrogens with two attached hydrogens (primary N) is 1. The van der Waals surface area contributed by atoms with E-state index < -0.39 is 5.82 Å². The van der Waals surface area contributed by atoms with E-state index in [0.717, 1.165) is 32.4 Å². The predicted octanol–water partition coefficient (Wildman–Crippen LogP) is 3.36. The lowest BCUT2D eigenvalue weighted by Crippen LogP contribution is -2.37. The number of methoxy groups -OCH3 is 1. The first-order valence-corrected chi connectivity index (χ1v) is 11.0. The molecule has 1 aliphatic heterocycles. The Hall–Kier alpha value is -2.88. The van der Waals surface area contributed by atoms with E-state index in [4.69, 9.17) is 10.5 Å². The lowest BCUT2D eigenvalue weighted by atomic mass is 9.93. The van der Waals surface area contributed by atoms with Crippen molar-refractivity contribution >= 4 is 34.7 Å². The molecule has 0 spiro atoms. The molecule has 164 valence electrons. The predicted molar refractivity (Wildman–Crippen MR) is 116 cm³/mol. The molecule has 1 aliphatic rings. The number of hydrogen-bond donors (Lipinski definition) is 1. The van der Waals surface area contributed by atoms with E-state index in [0.29, 0.717) is 39.5 Å². The second kappa shape index (κ2) is 9.09. The molecule has 3 heterocycles. The van der Waals surface area contributed by atoms with Crippen LogP contribution >= 0.6 is 11.8 Å². The Morgan fingerprint density at radius 1 is 1.32 bits per heavy atom. The van der Waals surface area contributed by atoms with Gasteiger partial charge in [0.1, 0.15) is 6.33 Å². The van der Waals surface area contributed by atoms with E-state index in [1.165, 1.54) is 31.3 Å². The molecule has 2 aromatic heterocycles. The van der Waals surface area contributed by atoms with Crippen LogP contribution in [0.1, 0.15) is 26.2 Å². The highest BCUT2D eigenvalue weighted by Gasteiger charge is 2.22. The number of amides is 1. The summed E-state index contributed by atoms with van der Waals surface area (Å²) < 4.78 is 21.2. The fourth-order valence-electron chi connectivity index (χ4n) is 3.88. The molecule has 10 heteroatoms. The maximum atomic E-state index is 14.2. The van der Waals surface area contributed by atoms with Crippen LogP contribution in [0.5, 0.6) is 5.75 Å². The van der Waals surface area contributed by atoms with Crippen molar-refractivity contribution in [2.75, 3.05) is 25.9 Å². The molecular weight excluding hydrogens is 419 g/mol. The zero-order valence-corrected chi connectivity index (χ0v) is 18.4. The number of carbonyl (C=O) groups is 1. The van der Waals surface area contributed by atoms with Crippen LogP contribution in [-0.2, 0) is 11.3 Å². The smallest absolute Gasteiger partial charge is 0.219 e. The van der Waals surface area contributed by atoms with E-state index in [1.807, 2.05) is 9.47 Å². The number of fused-ring (bicyclic) bond motifs is 1. The molecule has 2 N–H and O–H groups in total. The number of nitrogen functional groups attached to an aromatic ring is 1. The standard InChI is InChI=1S/C21H25FN6O2S/c1-13(29)27-8-5-14(6-9-27)7-10-28-20-18(19(23)24-12-25-20)26-21(28)31-15-3-4-17(30-2)16(22)11-15/h3-4,11-12,14H,5-10H2,1-2H3,(H2,23,24,25). The van der Waals surface area contributed by atoms with Gasteiger partial charge >= 0.3 is 0 Å². The van der Waals surface area contributed by atoms with Crippen molar-refractivity contribution in [3.8, 4) is 5.75 Å². The van der Waals surface area contributed by atoms with Crippen LogP contribution in [0.25, 0.3) is 11.2 Å². The Balaban J connectivity index is 1.56. The molecule has 0 aliphatic carbocycles. The number of aryl methyl sites for hydroxylation is 1. The molecule has 0 bridgehead atoms. The molecule has 0 radical (unpaired) electrons. The second-order valence-corrected chi connectivity index (χ2v) is 8.65. The fourth-order valence-corrected chi connectivity index (χ4v) is 4.81. The number of anilines is 1. The van der Waals surface area contributed by atoms with Crippen molar-refractivity contribution in [3.63, 3.8) is 0 Å². The van der Waals surface area contributed by atoms with Crippen molar-refractivity contribution in [2.45, 2.75) is 42.8 Å². The molecule has 1 aromatic carbocycles. The average Bonchev–Trinajstić information content (AvgIpc) is 3.11. The lowest BCUT2D eigenvalue weighted by Gasteiger charge is -2.31. The normalized spacial score (nSPS) is 14.9. The Labute approximate surface area is 184 Å². The number of benzene rings is 1. The summed E-state index contributed by atoms with van der Waals surface area (Å²) >= 11 is 1.35. The van der Waals surface area contributed by atoms with Crippen LogP contribution in [0.3, 0.4) is 0 Å². The van der Waals surface area contributed by atoms with Crippen LogP contribution in [0.4, 0.5) is 10.2 Å². The van der Waals surface area contributed by atoms with Crippen LogP contribution in [0.15, 0.2) is 34.6 Å². The lowest BCUT2D eigenvalue weighted by molar-refractivity contribution is -0.130. The van der Waals surface area contributed by atoms with Gasteiger partial charge in [0.2, 0.25) is 5.91 Å². The minimum absolute atomic E-state index is 0.136. The maximum Gasteiger partial charge on any atom is 0.219 e. The zero-order valence-electron chi connectivity index (χ0n) is 17.5. The number of piperidine rings is 1. The number of ether oxygens (including phenoxy) is 1. The van der Waals surface area contributed by atoms with Crippen LogP contribution in [0.2, 0.25) is 0 Å². The Bertz CT molecular complexity index is 1100. The van der Waals surface area contributed by atoms with Gasteiger partial charge in [0.25, 0.3) is 0 Å². The molecule has 8 nitrogen and oxygen atoms in total. The molecular formula is C21H25FN6O2S. The number of imidazole rings is 1. The molecule has 31 heavy (non-hydrogen) atoms. The highest BCUT2D eigenvalue weighted by atomic mass is 32.2. The Kier molecular flexibility index (Phi) is 6.26. The van der Waals surface area contributed by atoms with Crippen molar-refractivity contribution < 1.29 is 13.9 Å². The maximum absolute atomic E-state index is 14.2. The van der Waals surface area contributed by atoms with Gasteiger partial charge in [0.15, 0.2) is 33.7 Å². The molecule has 0 unspecified atom stereocenters. The van der Waals surface area contributed by atoms with Gasteiger partial charge in [-0.15, -0.1) is 0 Å². The van der Waals surface area contributed by atoms with E-state index >= 15 is 0 Å². The van der Waals surface area contributed by atoms with Gasteiger partial charge in [-0.25, -0.2) is 19.3 Å². The molecule has 1 saturated heterocycles. The number of likely N-dealkylation sites (tertiary alicyclic amines) is 1. The highest BCUT2D eigenvalue weighted by Crippen LogP contribution is 2.33. The summed E-state index contributed by atoms with van der Waals surface area (Å²) in [5, 5.41) is 0.688. The molecule has 0 atom stereocenters. The zero-order chi connectivity index (χ0) is 22.0. The number of carbonyl (C=O) groups excluding carboxylic acids is 1. The second-order valence-electron chi connectivity index (χ2n) is 7.61. The summed E-state index contributed by atoms with van der Waals surface area (Å²) in [4.78, 5) is 27.3. The van der Waals surface area contributed by atoms with Gasteiger partial charge in [0, 0.05) is 31.5 Å². The highest BCUT2D eigenvalue weighted by molar-refractivity contribution is 7.99. The van der Waals surface area contributed by atoms with Gasteiger partial charge in [-0.1, -0.05) is 11.8 Å². The number of nitrogens with zero attached hydrogens (tertiary/aromatic N) is 5. The minimum atomic E-state index is -0.424. The Morgan fingerprint density at radius 3 is 2.77 bits per heavy atom. The van der Waals surface area contributed by atoms with Crippen molar-refractivity contribution in [2.24, 2.45) is 5.92 Å². The average molecular weight is 445 g/mol. The van der Waals surface area contributed by atoms with Crippen molar-refractivity contribution in [1.82, 2.24) is 24.4 Å². The number of halogens is 1. The first-order valence-electron chi connectivity index (χ1n) is 10.2. The summed E-state index contributed by atoms with van der Waals surface area (Å²) in [6.45, 7) is 3.92. The van der Waals surface area contributed by atoms with Gasteiger partial charge in [-0.05, 0) is 43.4 Å². The number of aromatic nitrogens is 4. The Morgan fingerprint density at radius 2 is 2.10 bits per heavy atom. The van der Waals surface area contributed by atoms with E-state index in [-0.39, 0.29) is 11.7 Å². The fraction of sp³-hybridized carbons (Fsp3) is 0.429. The summed E-state index contributed by atoms with van der Waals surface area (Å²) in [6.07, 6.45) is 4.33. The third kappa shape index (κ3) is 4.58. The molecule has 0 saturated carbocycles. The van der Waals surface area contributed by atoms with E-state index in [1.54, 1.807) is 19.1 Å². The first kappa shape index (κ1) is 21.4. The summed E-state index contributed by atoms with van der Waals surface area (Å²) in [7, 11) is 1.44. The largest absolute Gasteiger partial charge is 0.494 e. The molecule has 1 fully saturated rings. The summed E-state index contributed by atoms with van der Waals surface area (Å²) in [5.74, 6) is 0.748. The van der Waals surface area contributed by atoms with Crippen molar-refractivity contribution in [3.05, 3.63) is 30.3 Å². The van der Waals surface area contributed by atoms with Crippen LogP contribution in [0, 0.1) is 11.7 Å². The van der Waals surface area contributed by atoms with Gasteiger partial charge in [-0.2, -0.15) is 0 Å². The number of rotatable bonds is 6. The molecule has 3 aromatic rings. The number of hydrogen-bond acceptors (Lipinski definition) is 7. The van der Waals surface area contributed by atoms with E-state index in [9.17, 15) is 9.18 Å². The van der Waals surface area contributed by atoms with Gasteiger partial charge in [-0.3, -0.25) is 4.79 Å². The third-order valence-corrected chi connectivity index (χ3v) is 6.66. The quantitative estimate of drug-likeness (QED) is 0.622. The monoisotopic (exact) mass is 444 g/mol.